The highest BCUT2D eigenvalue weighted by molar-refractivity contribution is 7.91. The van der Waals surface area contributed by atoms with Crippen molar-refractivity contribution < 1.29 is 8.42 Å². The molecule has 1 unspecified atom stereocenters. The number of sulfone groups is 1. The lowest BCUT2D eigenvalue weighted by atomic mass is 10.2. The predicted octanol–water partition coefficient (Wildman–Crippen LogP) is 1.63. The highest BCUT2D eigenvalue weighted by atomic mass is 32.2. The monoisotopic (exact) mass is 242 g/mol. The highest BCUT2D eigenvalue weighted by Gasteiger charge is 2.14. The van der Waals surface area contributed by atoms with Crippen molar-refractivity contribution in [1.29, 1.82) is 0 Å². The fourth-order valence-corrected chi connectivity index (χ4v) is 2.49. The molecule has 0 fully saturated rings. The maximum Gasteiger partial charge on any atom is 0.152 e. The van der Waals surface area contributed by atoms with Gasteiger partial charge < -0.3 is 5.32 Å². The Balaban J connectivity index is 2.66. The molecule has 0 aliphatic carbocycles. The Morgan fingerprint density at radius 3 is 2.75 bits per heavy atom. The predicted molar refractivity (Wildman–Crippen MR) is 66.4 cm³/mol. The van der Waals surface area contributed by atoms with Gasteiger partial charge in [0.2, 0.25) is 0 Å². The van der Waals surface area contributed by atoms with Crippen molar-refractivity contribution in [3.8, 4) is 0 Å². The fourth-order valence-electron chi connectivity index (χ4n) is 1.41. The minimum Gasteiger partial charge on any atom is -0.366 e. The van der Waals surface area contributed by atoms with Gasteiger partial charge in [-0.3, -0.25) is 0 Å². The SMILES string of the molecule is CCS(=O)(=O)CC(C)Nc1ncccc1C. The van der Waals surface area contributed by atoms with Gasteiger partial charge in [0.15, 0.2) is 9.84 Å². The van der Waals surface area contributed by atoms with Crippen LogP contribution < -0.4 is 5.32 Å². The van der Waals surface area contributed by atoms with Crippen LogP contribution in [0, 0.1) is 6.92 Å². The Labute approximate surface area is 97.0 Å². The number of nitrogens with zero attached hydrogens (tertiary/aromatic N) is 1. The number of nitrogens with one attached hydrogen (secondary N) is 1. The van der Waals surface area contributed by atoms with Gasteiger partial charge in [-0.1, -0.05) is 13.0 Å². The molecular weight excluding hydrogens is 224 g/mol. The number of hydrogen-bond acceptors (Lipinski definition) is 4. The summed E-state index contributed by atoms with van der Waals surface area (Å²) in [5.41, 5.74) is 1.02. The quantitative estimate of drug-likeness (QED) is 0.852. The van der Waals surface area contributed by atoms with Gasteiger partial charge in [-0.05, 0) is 25.5 Å². The summed E-state index contributed by atoms with van der Waals surface area (Å²) in [6, 6.07) is 3.67. The van der Waals surface area contributed by atoms with Gasteiger partial charge in [-0.15, -0.1) is 0 Å². The van der Waals surface area contributed by atoms with Crippen LogP contribution in [0.3, 0.4) is 0 Å². The van der Waals surface area contributed by atoms with Crippen LogP contribution in [0.4, 0.5) is 5.82 Å². The number of aryl methyl sites for hydroxylation is 1. The maximum atomic E-state index is 11.4. The first kappa shape index (κ1) is 13.0. The van der Waals surface area contributed by atoms with Crippen molar-refractivity contribution in [3.05, 3.63) is 23.9 Å². The highest BCUT2D eigenvalue weighted by Crippen LogP contribution is 2.11. The van der Waals surface area contributed by atoms with Crippen molar-refractivity contribution >= 4 is 15.7 Å². The van der Waals surface area contributed by atoms with Crippen molar-refractivity contribution in [1.82, 2.24) is 4.98 Å². The van der Waals surface area contributed by atoms with E-state index in [9.17, 15) is 8.42 Å². The Morgan fingerprint density at radius 2 is 2.19 bits per heavy atom. The minimum atomic E-state index is -2.94. The topological polar surface area (TPSA) is 59.1 Å². The van der Waals surface area contributed by atoms with Gasteiger partial charge in [0.05, 0.1) is 5.75 Å². The normalized spacial score (nSPS) is 13.4. The number of aromatic nitrogens is 1. The smallest absolute Gasteiger partial charge is 0.152 e. The summed E-state index contributed by atoms with van der Waals surface area (Å²) in [6.07, 6.45) is 1.69. The van der Waals surface area contributed by atoms with E-state index in [1.807, 2.05) is 26.0 Å². The standard InChI is InChI=1S/C11H18N2O2S/c1-4-16(14,15)8-10(3)13-11-9(2)6-5-7-12-11/h5-7,10H,4,8H2,1-3H3,(H,12,13). The molecule has 1 atom stereocenters. The summed E-state index contributed by atoms with van der Waals surface area (Å²) in [4.78, 5) is 4.17. The molecule has 0 saturated carbocycles. The van der Waals surface area contributed by atoms with E-state index >= 15 is 0 Å². The molecule has 16 heavy (non-hydrogen) atoms. The molecule has 0 amide bonds. The zero-order valence-electron chi connectivity index (χ0n) is 9.90. The zero-order chi connectivity index (χ0) is 12.2. The molecule has 0 aromatic carbocycles. The zero-order valence-corrected chi connectivity index (χ0v) is 10.7. The van der Waals surface area contributed by atoms with Gasteiger partial charge in [-0.25, -0.2) is 13.4 Å². The molecule has 0 bridgehead atoms. The molecule has 0 spiro atoms. The lowest BCUT2D eigenvalue weighted by molar-refractivity contribution is 0.593. The van der Waals surface area contributed by atoms with Crippen molar-refractivity contribution in [2.24, 2.45) is 0 Å². The number of anilines is 1. The number of rotatable bonds is 5. The Kier molecular flexibility index (Phi) is 4.29. The third kappa shape index (κ3) is 3.81. The second-order valence-corrected chi connectivity index (χ2v) is 6.31. The minimum absolute atomic E-state index is 0.126. The average molecular weight is 242 g/mol. The molecule has 1 N–H and O–H groups in total. The molecule has 0 aliphatic rings. The van der Waals surface area contributed by atoms with Crippen LogP contribution in [0.5, 0.6) is 0 Å². The lowest BCUT2D eigenvalue weighted by Gasteiger charge is -2.15. The molecule has 0 aliphatic heterocycles. The molecule has 1 aromatic rings. The first-order valence-corrected chi connectivity index (χ1v) is 7.15. The van der Waals surface area contributed by atoms with Crippen LogP contribution in [0.1, 0.15) is 19.4 Å². The number of hydrogen-bond donors (Lipinski definition) is 1. The van der Waals surface area contributed by atoms with E-state index in [1.165, 1.54) is 0 Å². The maximum absolute atomic E-state index is 11.4. The van der Waals surface area contributed by atoms with Crippen LogP contribution in [0.25, 0.3) is 0 Å². The Hall–Kier alpha value is -1.10. The van der Waals surface area contributed by atoms with Gasteiger partial charge in [0, 0.05) is 18.0 Å². The third-order valence-corrected chi connectivity index (χ3v) is 4.22. The summed E-state index contributed by atoms with van der Waals surface area (Å²) in [5.74, 6) is 1.07. The molecule has 0 saturated heterocycles. The molecule has 1 aromatic heterocycles. The molecule has 4 nitrogen and oxygen atoms in total. The van der Waals surface area contributed by atoms with E-state index in [0.717, 1.165) is 11.4 Å². The second kappa shape index (κ2) is 5.30. The first-order valence-electron chi connectivity index (χ1n) is 5.33. The van der Waals surface area contributed by atoms with Crippen LogP contribution >= 0.6 is 0 Å². The summed E-state index contributed by atoms with van der Waals surface area (Å²) in [5, 5.41) is 3.11. The van der Waals surface area contributed by atoms with Crippen LogP contribution in [0.2, 0.25) is 0 Å². The van der Waals surface area contributed by atoms with Crippen molar-refractivity contribution in [2.75, 3.05) is 16.8 Å². The van der Waals surface area contributed by atoms with E-state index in [2.05, 4.69) is 10.3 Å². The summed E-state index contributed by atoms with van der Waals surface area (Å²) >= 11 is 0. The summed E-state index contributed by atoms with van der Waals surface area (Å²) in [7, 11) is -2.94. The first-order chi connectivity index (χ1) is 7.44. The van der Waals surface area contributed by atoms with Gasteiger partial charge >= 0.3 is 0 Å². The van der Waals surface area contributed by atoms with Gasteiger partial charge in [-0.2, -0.15) is 0 Å². The molecule has 90 valence electrons. The molecule has 0 radical (unpaired) electrons. The van der Waals surface area contributed by atoms with Gasteiger partial charge in [0.1, 0.15) is 5.82 Å². The Morgan fingerprint density at radius 1 is 1.50 bits per heavy atom. The summed E-state index contributed by atoms with van der Waals surface area (Å²) < 4.78 is 22.8. The largest absolute Gasteiger partial charge is 0.366 e. The molecule has 1 rings (SSSR count). The van der Waals surface area contributed by atoms with Crippen molar-refractivity contribution in [2.45, 2.75) is 26.8 Å². The average Bonchev–Trinajstić information content (AvgIpc) is 2.21. The van der Waals surface area contributed by atoms with E-state index < -0.39 is 9.84 Å². The molecule has 1 heterocycles. The number of pyridine rings is 1. The van der Waals surface area contributed by atoms with E-state index in [4.69, 9.17) is 0 Å². The molecule has 5 heteroatoms. The summed E-state index contributed by atoms with van der Waals surface area (Å²) in [6.45, 7) is 5.45. The van der Waals surface area contributed by atoms with E-state index in [-0.39, 0.29) is 17.5 Å². The van der Waals surface area contributed by atoms with Crippen LogP contribution in [-0.4, -0.2) is 30.9 Å². The van der Waals surface area contributed by atoms with Crippen LogP contribution in [0.15, 0.2) is 18.3 Å². The van der Waals surface area contributed by atoms with E-state index in [0.29, 0.717) is 0 Å². The fraction of sp³-hybridized carbons (Fsp3) is 0.545. The van der Waals surface area contributed by atoms with E-state index in [1.54, 1.807) is 13.1 Å². The second-order valence-electron chi connectivity index (χ2n) is 3.91. The van der Waals surface area contributed by atoms with Crippen molar-refractivity contribution in [3.63, 3.8) is 0 Å². The lowest BCUT2D eigenvalue weighted by Crippen LogP contribution is -2.27. The Bertz CT molecular complexity index is 443. The van der Waals surface area contributed by atoms with Gasteiger partial charge in [0.25, 0.3) is 0 Å². The third-order valence-electron chi connectivity index (χ3n) is 2.34. The molecular formula is C11H18N2O2S. The van der Waals surface area contributed by atoms with Crippen LogP contribution in [-0.2, 0) is 9.84 Å².